The van der Waals surface area contributed by atoms with Gasteiger partial charge in [-0.05, 0) is 74.4 Å². The molecule has 20 heavy (non-hydrogen) atoms. The number of anilines is 1. The summed E-state index contributed by atoms with van der Waals surface area (Å²) >= 11 is 1.89. The van der Waals surface area contributed by atoms with Crippen LogP contribution < -0.4 is 10.1 Å². The monoisotopic (exact) mass is 287 g/mol. The second kappa shape index (κ2) is 5.88. The SMILES string of the molecule is CC(C)Oc1ccc(NC2CCCc3sccc32)cc1. The summed E-state index contributed by atoms with van der Waals surface area (Å²) in [6.45, 7) is 4.10. The molecule has 0 saturated carbocycles. The van der Waals surface area contributed by atoms with Crippen molar-refractivity contribution in [1.29, 1.82) is 0 Å². The van der Waals surface area contributed by atoms with E-state index in [0.717, 1.165) is 5.75 Å². The number of fused-ring (bicyclic) bond motifs is 1. The fourth-order valence-electron chi connectivity index (χ4n) is 2.74. The van der Waals surface area contributed by atoms with E-state index in [0.29, 0.717) is 6.04 Å². The summed E-state index contributed by atoms with van der Waals surface area (Å²) < 4.78 is 5.68. The molecule has 0 fully saturated rings. The summed E-state index contributed by atoms with van der Waals surface area (Å²) in [5.74, 6) is 0.936. The molecule has 3 heteroatoms. The molecule has 1 aliphatic rings. The Kier molecular flexibility index (Phi) is 3.97. The largest absolute Gasteiger partial charge is 0.491 e. The molecule has 1 aromatic carbocycles. The molecule has 0 saturated heterocycles. The molecule has 0 bridgehead atoms. The normalized spacial score (nSPS) is 17.9. The molecule has 0 aliphatic heterocycles. The fraction of sp³-hybridized carbons (Fsp3) is 0.412. The minimum atomic E-state index is 0.223. The molecule has 0 amide bonds. The second-order valence-corrected chi connectivity index (χ2v) is 6.58. The average Bonchev–Trinajstić information content (AvgIpc) is 2.90. The van der Waals surface area contributed by atoms with Crippen molar-refractivity contribution in [2.45, 2.75) is 45.3 Å². The first-order valence-corrected chi connectivity index (χ1v) is 8.20. The zero-order valence-corrected chi connectivity index (χ0v) is 12.9. The summed E-state index contributed by atoms with van der Waals surface area (Å²) in [5.41, 5.74) is 2.66. The van der Waals surface area contributed by atoms with Gasteiger partial charge in [0.05, 0.1) is 12.1 Å². The van der Waals surface area contributed by atoms with Crippen LogP contribution in [0.15, 0.2) is 35.7 Å². The van der Waals surface area contributed by atoms with E-state index in [1.165, 1.54) is 30.5 Å². The fourth-order valence-corrected chi connectivity index (χ4v) is 3.73. The molecule has 2 aromatic rings. The van der Waals surface area contributed by atoms with E-state index in [1.807, 2.05) is 37.3 Å². The van der Waals surface area contributed by atoms with E-state index in [4.69, 9.17) is 4.74 Å². The Morgan fingerprint density at radius 3 is 2.75 bits per heavy atom. The molecule has 106 valence electrons. The molecular formula is C17H21NOS. The Morgan fingerprint density at radius 1 is 1.20 bits per heavy atom. The Labute approximate surface area is 124 Å². The Bertz CT molecular complexity index is 559. The van der Waals surface area contributed by atoms with Crippen LogP contribution in [-0.2, 0) is 6.42 Å². The van der Waals surface area contributed by atoms with Gasteiger partial charge in [-0.25, -0.2) is 0 Å². The lowest BCUT2D eigenvalue weighted by Crippen LogP contribution is -2.15. The maximum atomic E-state index is 5.68. The average molecular weight is 287 g/mol. The van der Waals surface area contributed by atoms with Crippen LogP contribution >= 0.6 is 11.3 Å². The highest BCUT2D eigenvalue weighted by Gasteiger charge is 2.20. The number of aryl methyl sites for hydroxylation is 1. The number of hydrogen-bond acceptors (Lipinski definition) is 3. The topological polar surface area (TPSA) is 21.3 Å². The van der Waals surface area contributed by atoms with Gasteiger partial charge < -0.3 is 10.1 Å². The third-order valence-electron chi connectivity index (χ3n) is 3.62. The lowest BCUT2D eigenvalue weighted by atomic mass is 9.94. The molecule has 1 aromatic heterocycles. The van der Waals surface area contributed by atoms with Gasteiger partial charge in [-0.15, -0.1) is 11.3 Å². The van der Waals surface area contributed by atoms with Gasteiger partial charge in [0.1, 0.15) is 5.75 Å². The summed E-state index contributed by atoms with van der Waals surface area (Å²) in [7, 11) is 0. The van der Waals surface area contributed by atoms with Gasteiger partial charge in [0, 0.05) is 10.6 Å². The molecule has 1 N–H and O–H groups in total. The van der Waals surface area contributed by atoms with Gasteiger partial charge in [0.2, 0.25) is 0 Å². The van der Waals surface area contributed by atoms with Crippen LogP contribution in [0.4, 0.5) is 5.69 Å². The number of ether oxygens (including phenoxy) is 1. The van der Waals surface area contributed by atoms with Gasteiger partial charge in [0.25, 0.3) is 0 Å². The van der Waals surface area contributed by atoms with Crippen molar-refractivity contribution in [1.82, 2.24) is 0 Å². The van der Waals surface area contributed by atoms with E-state index in [1.54, 1.807) is 4.88 Å². The first kappa shape index (κ1) is 13.5. The molecular weight excluding hydrogens is 266 g/mol. The van der Waals surface area contributed by atoms with Gasteiger partial charge in [-0.3, -0.25) is 0 Å². The predicted octanol–water partition coefficient (Wildman–Crippen LogP) is 5.02. The smallest absolute Gasteiger partial charge is 0.119 e. The number of hydrogen-bond donors (Lipinski definition) is 1. The summed E-state index contributed by atoms with van der Waals surface area (Å²) in [6.07, 6.45) is 3.96. The molecule has 1 atom stereocenters. The van der Waals surface area contributed by atoms with Crippen LogP contribution in [0.1, 0.15) is 43.2 Å². The lowest BCUT2D eigenvalue weighted by molar-refractivity contribution is 0.242. The van der Waals surface area contributed by atoms with E-state index in [-0.39, 0.29) is 6.10 Å². The van der Waals surface area contributed by atoms with Crippen molar-refractivity contribution in [3.05, 3.63) is 46.2 Å². The second-order valence-electron chi connectivity index (χ2n) is 5.58. The summed E-state index contributed by atoms with van der Waals surface area (Å²) in [5, 5.41) is 5.87. The predicted molar refractivity (Wildman–Crippen MR) is 85.8 cm³/mol. The van der Waals surface area contributed by atoms with Crippen LogP contribution in [0.5, 0.6) is 5.75 Å². The van der Waals surface area contributed by atoms with Gasteiger partial charge in [-0.2, -0.15) is 0 Å². The van der Waals surface area contributed by atoms with Crippen molar-refractivity contribution < 1.29 is 4.74 Å². The van der Waals surface area contributed by atoms with Crippen LogP contribution in [-0.4, -0.2) is 6.10 Å². The van der Waals surface area contributed by atoms with E-state index < -0.39 is 0 Å². The molecule has 0 spiro atoms. The minimum absolute atomic E-state index is 0.223. The van der Waals surface area contributed by atoms with Crippen molar-refractivity contribution in [3.63, 3.8) is 0 Å². The van der Waals surface area contributed by atoms with Crippen LogP contribution in [0.3, 0.4) is 0 Å². The van der Waals surface area contributed by atoms with E-state index in [2.05, 4.69) is 28.9 Å². The molecule has 1 aliphatic carbocycles. The maximum absolute atomic E-state index is 5.68. The van der Waals surface area contributed by atoms with Crippen LogP contribution in [0.2, 0.25) is 0 Å². The molecule has 0 radical (unpaired) electrons. The first-order chi connectivity index (χ1) is 9.72. The van der Waals surface area contributed by atoms with Crippen molar-refractivity contribution >= 4 is 17.0 Å². The molecule has 2 nitrogen and oxygen atoms in total. The van der Waals surface area contributed by atoms with Gasteiger partial charge >= 0.3 is 0 Å². The zero-order chi connectivity index (χ0) is 13.9. The van der Waals surface area contributed by atoms with Gasteiger partial charge in [0.15, 0.2) is 0 Å². The zero-order valence-electron chi connectivity index (χ0n) is 12.1. The van der Waals surface area contributed by atoms with Crippen LogP contribution in [0.25, 0.3) is 0 Å². The van der Waals surface area contributed by atoms with E-state index in [9.17, 15) is 0 Å². The minimum Gasteiger partial charge on any atom is -0.491 e. The Hall–Kier alpha value is -1.48. The van der Waals surface area contributed by atoms with Gasteiger partial charge in [-0.1, -0.05) is 0 Å². The van der Waals surface area contributed by atoms with Crippen molar-refractivity contribution in [2.24, 2.45) is 0 Å². The number of thiophene rings is 1. The number of rotatable bonds is 4. The summed E-state index contributed by atoms with van der Waals surface area (Å²) in [6, 6.07) is 11.0. The standard InChI is InChI=1S/C17H21NOS/c1-12(2)19-14-8-6-13(7-9-14)18-16-4-3-5-17-15(16)10-11-20-17/h6-12,16,18H,3-5H2,1-2H3. The molecule has 1 heterocycles. The Morgan fingerprint density at radius 2 is 2.00 bits per heavy atom. The quantitative estimate of drug-likeness (QED) is 0.852. The molecule has 1 unspecified atom stereocenters. The number of benzene rings is 1. The third kappa shape index (κ3) is 2.98. The van der Waals surface area contributed by atoms with Crippen molar-refractivity contribution in [3.8, 4) is 5.75 Å². The maximum Gasteiger partial charge on any atom is 0.119 e. The molecule has 3 rings (SSSR count). The highest BCUT2D eigenvalue weighted by molar-refractivity contribution is 7.10. The van der Waals surface area contributed by atoms with Crippen molar-refractivity contribution in [2.75, 3.05) is 5.32 Å². The summed E-state index contributed by atoms with van der Waals surface area (Å²) in [4.78, 5) is 1.55. The van der Waals surface area contributed by atoms with E-state index >= 15 is 0 Å². The lowest BCUT2D eigenvalue weighted by Gasteiger charge is -2.24. The van der Waals surface area contributed by atoms with Crippen LogP contribution in [0, 0.1) is 0 Å². The number of nitrogens with one attached hydrogen (secondary N) is 1. The Balaban J connectivity index is 1.70. The first-order valence-electron chi connectivity index (χ1n) is 7.32. The highest BCUT2D eigenvalue weighted by Crippen LogP contribution is 2.35. The third-order valence-corrected chi connectivity index (χ3v) is 4.62. The highest BCUT2D eigenvalue weighted by atomic mass is 32.1.